The number of nitrogens with one attached hydrogen (secondary N) is 3. The molecule has 0 heterocycles. The van der Waals surface area contributed by atoms with Gasteiger partial charge >= 0.3 is 6.03 Å². The predicted molar refractivity (Wildman–Crippen MR) is 98.1 cm³/mol. The Balaban J connectivity index is 1.62. The molecule has 3 rings (SSSR count). The lowest BCUT2D eigenvalue weighted by atomic mass is 10.3. The van der Waals surface area contributed by atoms with Gasteiger partial charge in [-0.25, -0.2) is 17.6 Å². The Morgan fingerprint density at radius 2 is 1.69 bits per heavy atom. The minimum atomic E-state index is -3.38. The smallest absolute Gasteiger partial charge is 0.307 e. The average Bonchev–Trinajstić information content (AvgIpc) is 3.17. The van der Waals surface area contributed by atoms with Gasteiger partial charge in [-0.2, -0.15) is 0 Å². The van der Waals surface area contributed by atoms with Crippen LogP contribution in [0.1, 0.15) is 25.7 Å². The monoisotopic (exact) mass is 377 g/mol. The topological polar surface area (TPSA) is 87.3 Å². The van der Waals surface area contributed by atoms with Gasteiger partial charge in [0.2, 0.25) is 0 Å². The molecule has 138 valence electrons. The summed E-state index contributed by atoms with van der Waals surface area (Å²) in [6, 6.07) is 11.1. The van der Waals surface area contributed by atoms with Gasteiger partial charge in [0.25, 0.3) is 0 Å². The number of hydrogen-bond acceptors (Lipinski definition) is 4. The first-order valence-corrected chi connectivity index (χ1v) is 9.92. The Hall–Kier alpha value is -2.61. The fourth-order valence-electron chi connectivity index (χ4n) is 2.97. The molecule has 0 saturated heterocycles. The van der Waals surface area contributed by atoms with E-state index in [2.05, 4.69) is 16.2 Å². The van der Waals surface area contributed by atoms with E-state index in [4.69, 9.17) is 0 Å². The van der Waals surface area contributed by atoms with Crippen molar-refractivity contribution in [1.82, 2.24) is 5.43 Å². The van der Waals surface area contributed by atoms with E-state index in [1.807, 2.05) is 0 Å². The van der Waals surface area contributed by atoms with Crippen molar-refractivity contribution in [3.05, 3.63) is 54.3 Å². The molecule has 26 heavy (non-hydrogen) atoms. The van der Waals surface area contributed by atoms with Crippen LogP contribution in [0.3, 0.4) is 0 Å². The molecular formula is C18H20FN3O3S. The third kappa shape index (κ3) is 4.32. The summed E-state index contributed by atoms with van der Waals surface area (Å²) in [4.78, 5) is 12.2. The van der Waals surface area contributed by atoms with E-state index in [0.717, 1.165) is 12.8 Å². The van der Waals surface area contributed by atoms with Crippen LogP contribution in [0.2, 0.25) is 0 Å². The second-order valence-electron chi connectivity index (χ2n) is 6.19. The second kappa shape index (κ2) is 7.74. The maximum Gasteiger partial charge on any atom is 0.337 e. The van der Waals surface area contributed by atoms with Crippen molar-refractivity contribution >= 4 is 27.2 Å². The molecule has 8 heteroatoms. The summed E-state index contributed by atoms with van der Waals surface area (Å²) in [5.41, 5.74) is 5.93. The molecule has 0 unspecified atom stereocenters. The van der Waals surface area contributed by atoms with E-state index in [9.17, 15) is 17.6 Å². The largest absolute Gasteiger partial charge is 0.337 e. The highest BCUT2D eigenvalue weighted by Crippen LogP contribution is 2.30. The average molecular weight is 377 g/mol. The lowest BCUT2D eigenvalue weighted by Gasteiger charge is -2.13. The molecule has 1 fully saturated rings. The highest BCUT2D eigenvalue weighted by atomic mass is 32.2. The number of hydrazine groups is 1. The molecule has 2 aromatic rings. The zero-order valence-corrected chi connectivity index (χ0v) is 14.9. The minimum absolute atomic E-state index is 0.216. The number of benzene rings is 2. The van der Waals surface area contributed by atoms with Crippen molar-refractivity contribution in [3.63, 3.8) is 0 Å². The maximum absolute atomic E-state index is 12.8. The van der Waals surface area contributed by atoms with Crippen LogP contribution in [0, 0.1) is 5.82 Å². The van der Waals surface area contributed by atoms with Crippen LogP contribution >= 0.6 is 0 Å². The van der Waals surface area contributed by atoms with Crippen molar-refractivity contribution in [2.45, 2.75) is 35.8 Å². The molecule has 2 aromatic carbocycles. The molecule has 1 aliphatic carbocycles. The Labute approximate surface area is 151 Å². The van der Waals surface area contributed by atoms with Gasteiger partial charge in [-0.05, 0) is 55.3 Å². The molecule has 0 spiro atoms. The molecule has 0 radical (unpaired) electrons. The van der Waals surface area contributed by atoms with Gasteiger partial charge in [-0.1, -0.05) is 18.9 Å². The van der Waals surface area contributed by atoms with Crippen LogP contribution in [0.25, 0.3) is 0 Å². The molecule has 0 bridgehead atoms. The maximum atomic E-state index is 12.8. The number of urea groups is 1. The van der Waals surface area contributed by atoms with E-state index in [-0.39, 0.29) is 16.0 Å². The van der Waals surface area contributed by atoms with Gasteiger partial charge in [0.1, 0.15) is 5.82 Å². The van der Waals surface area contributed by atoms with Gasteiger partial charge in [-0.15, -0.1) is 0 Å². The SMILES string of the molecule is O=C(NNc1ccc(F)cc1)Nc1cccc(S(=O)(=O)C2CCCC2)c1. The van der Waals surface area contributed by atoms with Gasteiger partial charge in [0, 0.05) is 5.69 Å². The fourth-order valence-corrected chi connectivity index (χ4v) is 4.86. The van der Waals surface area contributed by atoms with Crippen LogP contribution in [-0.2, 0) is 9.84 Å². The highest BCUT2D eigenvalue weighted by molar-refractivity contribution is 7.92. The fraction of sp³-hybridized carbons (Fsp3) is 0.278. The molecule has 0 aliphatic heterocycles. The zero-order chi connectivity index (χ0) is 18.6. The van der Waals surface area contributed by atoms with Crippen LogP contribution in [0.15, 0.2) is 53.4 Å². The van der Waals surface area contributed by atoms with Crippen molar-refractivity contribution in [1.29, 1.82) is 0 Å². The Kier molecular flexibility index (Phi) is 5.41. The highest BCUT2D eigenvalue weighted by Gasteiger charge is 2.30. The number of halogens is 1. The summed E-state index contributed by atoms with van der Waals surface area (Å²) in [5.74, 6) is -0.375. The Bertz CT molecular complexity index is 879. The third-order valence-corrected chi connectivity index (χ3v) is 6.59. The summed E-state index contributed by atoms with van der Waals surface area (Å²) >= 11 is 0. The number of anilines is 2. The molecule has 6 nitrogen and oxygen atoms in total. The first-order chi connectivity index (χ1) is 12.4. The van der Waals surface area contributed by atoms with Crippen molar-refractivity contribution < 1.29 is 17.6 Å². The van der Waals surface area contributed by atoms with Crippen LogP contribution < -0.4 is 16.2 Å². The summed E-state index contributed by atoms with van der Waals surface area (Å²) in [5, 5.41) is 2.23. The summed E-state index contributed by atoms with van der Waals surface area (Å²) in [7, 11) is -3.38. The predicted octanol–water partition coefficient (Wildman–Crippen LogP) is 3.69. The molecule has 2 amide bonds. The lowest BCUT2D eigenvalue weighted by Crippen LogP contribution is -2.33. The summed E-state index contributed by atoms with van der Waals surface area (Å²) < 4.78 is 38.1. The van der Waals surface area contributed by atoms with Crippen molar-refractivity contribution in [2.75, 3.05) is 10.7 Å². The number of sulfone groups is 1. The van der Waals surface area contributed by atoms with Gasteiger partial charge < -0.3 is 5.32 Å². The van der Waals surface area contributed by atoms with E-state index in [1.165, 1.54) is 30.3 Å². The minimum Gasteiger partial charge on any atom is -0.307 e. The molecule has 1 saturated carbocycles. The van der Waals surface area contributed by atoms with Gasteiger partial charge in [0.05, 0.1) is 15.8 Å². The number of carbonyl (C=O) groups is 1. The molecule has 1 aliphatic rings. The van der Waals surface area contributed by atoms with Gasteiger partial charge in [-0.3, -0.25) is 10.9 Å². The summed E-state index contributed by atoms with van der Waals surface area (Å²) in [6.07, 6.45) is 3.22. The van der Waals surface area contributed by atoms with Crippen molar-refractivity contribution in [3.8, 4) is 0 Å². The van der Waals surface area contributed by atoms with E-state index in [0.29, 0.717) is 24.2 Å². The van der Waals surface area contributed by atoms with Crippen LogP contribution in [0.5, 0.6) is 0 Å². The van der Waals surface area contributed by atoms with Crippen LogP contribution in [-0.4, -0.2) is 19.7 Å². The first-order valence-electron chi connectivity index (χ1n) is 8.38. The summed E-state index contributed by atoms with van der Waals surface area (Å²) in [6.45, 7) is 0. The molecular weight excluding hydrogens is 357 g/mol. The van der Waals surface area contributed by atoms with Gasteiger partial charge in [0.15, 0.2) is 9.84 Å². The quantitative estimate of drug-likeness (QED) is 0.694. The Morgan fingerprint density at radius 3 is 2.38 bits per heavy atom. The van der Waals surface area contributed by atoms with Crippen molar-refractivity contribution in [2.24, 2.45) is 0 Å². The van der Waals surface area contributed by atoms with Crippen LogP contribution in [0.4, 0.5) is 20.6 Å². The number of rotatable bonds is 5. The zero-order valence-electron chi connectivity index (χ0n) is 14.0. The number of amides is 2. The first kappa shape index (κ1) is 18.2. The van der Waals surface area contributed by atoms with E-state index < -0.39 is 15.9 Å². The second-order valence-corrected chi connectivity index (χ2v) is 8.42. The lowest BCUT2D eigenvalue weighted by molar-refractivity contribution is 0.254. The van der Waals surface area contributed by atoms with E-state index >= 15 is 0 Å². The number of hydrogen-bond donors (Lipinski definition) is 3. The third-order valence-electron chi connectivity index (χ3n) is 4.33. The number of carbonyl (C=O) groups excluding carboxylic acids is 1. The van der Waals surface area contributed by atoms with E-state index in [1.54, 1.807) is 18.2 Å². The molecule has 0 atom stereocenters. The normalized spacial score (nSPS) is 14.8. The molecule has 0 aromatic heterocycles. The standard InChI is InChI=1S/C18H20FN3O3S/c19-13-8-10-14(11-9-13)21-22-18(23)20-15-4-3-7-17(12-15)26(24,25)16-5-1-2-6-16/h3-4,7-12,16,21H,1-2,5-6H2,(H2,20,22,23). The molecule has 3 N–H and O–H groups in total. The Morgan fingerprint density at radius 1 is 1.00 bits per heavy atom.